The second-order valence-electron chi connectivity index (χ2n) is 4.33. The van der Waals surface area contributed by atoms with Crippen LogP contribution < -0.4 is 0 Å². The highest BCUT2D eigenvalue weighted by Crippen LogP contribution is 2.23. The number of hydrogen-bond donors (Lipinski definition) is 1. The number of halogens is 2. The van der Waals surface area contributed by atoms with E-state index in [1.165, 1.54) is 12.3 Å². The zero-order chi connectivity index (χ0) is 13.1. The number of aromatic nitrogens is 1. The van der Waals surface area contributed by atoms with Crippen LogP contribution in [0, 0.1) is 0 Å². The number of hydrogen-bond acceptors (Lipinski definition) is 3. The average Bonchev–Trinajstić information content (AvgIpc) is 2.41. The van der Waals surface area contributed by atoms with Gasteiger partial charge in [-0.3, -0.25) is 4.79 Å². The molecule has 2 heterocycles. The van der Waals surface area contributed by atoms with Gasteiger partial charge in [0.05, 0.1) is 23.2 Å². The molecule has 0 radical (unpaired) electrons. The Labute approximate surface area is 116 Å². The number of aliphatic hydroxyl groups is 1. The van der Waals surface area contributed by atoms with Gasteiger partial charge in [-0.1, -0.05) is 23.2 Å². The van der Waals surface area contributed by atoms with Crippen LogP contribution in [-0.4, -0.2) is 40.1 Å². The molecule has 1 unspecified atom stereocenters. The molecule has 1 amide bonds. The third-order valence-electron chi connectivity index (χ3n) is 3.14. The molecule has 1 aliphatic rings. The van der Waals surface area contributed by atoms with Gasteiger partial charge in [-0.2, -0.15) is 0 Å². The molecule has 0 aromatic carbocycles. The van der Waals surface area contributed by atoms with Crippen LogP contribution in [0.4, 0.5) is 0 Å². The molecule has 2 rings (SSSR count). The number of nitrogens with zero attached hydrogens (tertiary/aromatic N) is 2. The van der Waals surface area contributed by atoms with E-state index >= 15 is 0 Å². The van der Waals surface area contributed by atoms with Gasteiger partial charge in [0.15, 0.2) is 0 Å². The Kier molecular flexibility index (Phi) is 4.43. The molecule has 1 aliphatic heterocycles. The zero-order valence-corrected chi connectivity index (χ0v) is 11.3. The van der Waals surface area contributed by atoms with Gasteiger partial charge in [-0.15, -0.1) is 0 Å². The minimum Gasteiger partial charge on any atom is -0.394 e. The number of piperidine rings is 1. The maximum atomic E-state index is 12.3. The lowest BCUT2D eigenvalue weighted by Gasteiger charge is -2.34. The van der Waals surface area contributed by atoms with Gasteiger partial charge in [0.2, 0.25) is 0 Å². The van der Waals surface area contributed by atoms with Gasteiger partial charge in [-0.25, -0.2) is 4.98 Å². The Bertz CT molecular complexity index is 454. The van der Waals surface area contributed by atoms with Gasteiger partial charge in [-0.05, 0) is 25.3 Å². The lowest BCUT2D eigenvalue weighted by Crippen LogP contribution is -2.45. The van der Waals surface area contributed by atoms with Crippen LogP contribution in [0.25, 0.3) is 0 Å². The summed E-state index contributed by atoms with van der Waals surface area (Å²) in [5, 5.41) is 9.75. The van der Waals surface area contributed by atoms with Crippen molar-refractivity contribution in [2.45, 2.75) is 25.3 Å². The predicted molar refractivity (Wildman–Crippen MR) is 70.0 cm³/mol. The zero-order valence-electron chi connectivity index (χ0n) is 9.77. The fraction of sp³-hybridized carbons (Fsp3) is 0.500. The van der Waals surface area contributed by atoms with Crippen molar-refractivity contribution < 1.29 is 9.90 Å². The molecule has 4 nitrogen and oxygen atoms in total. The molecule has 0 saturated carbocycles. The summed E-state index contributed by atoms with van der Waals surface area (Å²) < 4.78 is 0. The number of aliphatic hydroxyl groups excluding tert-OH is 1. The minimum absolute atomic E-state index is 0.0134. The number of carbonyl (C=O) groups is 1. The molecule has 1 atom stereocenters. The molecule has 1 aromatic heterocycles. The monoisotopic (exact) mass is 288 g/mol. The number of rotatable bonds is 2. The van der Waals surface area contributed by atoms with Crippen LogP contribution in [0.1, 0.15) is 29.6 Å². The van der Waals surface area contributed by atoms with Crippen LogP contribution >= 0.6 is 23.2 Å². The summed E-state index contributed by atoms with van der Waals surface area (Å²) >= 11 is 11.6. The normalized spacial score (nSPS) is 19.9. The summed E-state index contributed by atoms with van der Waals surface area (Å²) in [5.74, 6) is -0.153. The molecule has 6 heteroatoms. The van der Waals surface area contributed by atoms with Crippen LogP contribution in [0.5, 0.6) is 0 Å². The van der Waals surface area contributed by atoms with E-state index in [0.717, 1.165) is 19.3 Å². The Morgan fingerprint density at radius 2 is 2.28 bits per heavy atom. The van der Waals surface area contributed by atoms with E-state index < -0.39 is 0 Å². The standard InChI is InChI=1S/C12H14Cl2N2O2/c13-10-5-8(6-15-11(10)14)12(18)16-4-2-1-3-9(16)7-17/h5-6,9,17H,1-4,7H2. The SMILES string of the molecule is O=C(c1cnc(Cl)c(Cl)c1)N1CCCCC1CO. The van der Waals surface area contributed by atoms with Gasteiger partial charge in [0, 0.05) is 12.7 Å². The summed E-state index contributed by atoms with van der Waals surface area (Å²) in [5.41, 5.74) is 0.407. The maximum Gasteiger partial charge on any atom is 0.255 e. The molecule has 0 aliphatic carbocycles. The van der Waals surface area contributed by atoms with Crippen molar-refractivity contribution in [3.05, 3.63) is 28.0 Å². The third kappa shape index (κ3) is 2.76. The predicted octanol–water partition coefficient (Wildman–Crippen LogP) is 2.38. The van der Waals surface area contributed by atoms with E-state index in [1.54, 1.807) is 4.90 Å². The molecule has 1 fully saturated rings. The molecular formula is C12H14Cl2N2O2. The molecule has 1 N–H and O–H groups in total. The van der Waals surface area contributed by atoms with E-state index in [1.807, 2.05) is 0 Å². The first kappa shape index (κ1) is 13.6. The highest BCUT2D eigenvalue weighted by atomic mass is 35.5. The van der Waals surface area contributed by atoms with E-state index in [0.29, 0.717) is 12.1 Å². The third-order valence-corrected chi connectivity index (χ3v) is 3.83. The average molecular weight is 289 g/mol. The number of likely N-dealkylation sites (tertiary alicyclic amines) is 1. The minimum atomic E-state index is -0.153. The van der Waals surface area contributed by atoms with Crippen molar-refractivity contribution in [1.29, 1.82) is 0 Å². The maximum absolute atomic E-state index is 12.3. The lowest BCUT2D eigenvalue weighted by molar-refractivity contribution is 0.0502. The van der Waals surface area contributed by atoms with Gasteiger partial charge in [0.25, 0.3) is 5.91 Å². The highest BCUT2D eigenvalue weighted by Gasteiger charge is 2.27. The largest absolute Gasteiger partial charge is 0.394 e. The van der Waals surface area contributed by atoms with Gasteiger partial charge >= 0.3 is 0 Å². The van der Waals surface area contributed by atoms with Gasteiger partial charge < -0.3 is 10.0 Å². The van der Waals surface area contributed by atoms with Crippen LogP contribution in [-0.2, 0) is 0 Å². The summed E-state index contributed by atoms with van der Waals surface area (Å²) in [6.07, 6.45) is 4.24. The number of pyridine rings is 1. The van der Waals surface area contributed by atoms with Crippen LogP contribution in [0.15, 0.2) is 12.3 Å². The molecule has 0 spiro atoms. The van der Waals surface area contributed by atoms with E-state index in [9.17, 15) is 9.90 Å². The molecule has 0 bridgehead atoms. The summed E-state index contributed by atoms with van der Waals surface area (Å²) in [7, 11) is 0. The lowest BCUT2D eigenvalue weighted by atomic mass is 10.0. The van der Waals surface area contributed by atoms with Crippen LogP contribution in [0.3, 0.4) is 0 Å². The van der Waals surface area contributed by atoms with Crippen molar-refractivity contribution in [1.82, 2.24) is 9.88 Å². The Morgan fingerprint density at radius 3 is 2.94 bits per heavy atom. The van der Waals surface area contributed by atoms with Crippen molar-refractivity contribution in [2.24, 2.45) is 0 Å². The first-order valence-corrected chi connectivity index (χ1v) is 6.62. The van der Waals surface area contributed by atoms with E-state index in [4.69, 9.17) is 23.2 Å². The molecule has 98 valence electrons. The Balaban J connectivity index is 2.21. The van der Waals surface area contributed by atoms with Crippen molar-refractivity contribution in [3.8, 4) is 0 Å². The molecular weight excluding hydrogens is 275 g/mol. The second-order valence-corrected chi connectivity index (χ2v) is 5.09. The van der Waals surface area contributed by atoms with Gasteiger partial charge in [0.1, 0.15) is 5.15 Å². The van der Waals surface area contributed by atoms with Crippen molar-refractivity contribution in [2.75, 3.05) is 13.2 Å². The first-order chi connectivity index (χ1) is 8.63. The fourth-order valence-electron chi connectivity index (χ4n) is 2.16. The Hall–Kier alpha value is -0.840. The second kappa shape index (κ2) is 5.87. The first-order valence-electron chi connectivity index (χ1n) is 5.86. The highest BCUT2D eigenvalue weighted by molar-refractivity contribution is 6.41. The smallest absolute Gasteiger partial charge is 0.255 e. The van der Waals surface area contributed by atoms with E-state index in [-0.39, 0.29) is 28.7 Å². The van der Waals surface area contributed by atoms with Crippen molar-refractivity contribution in [3.63, 3.8) is 0 Å². The number of amides is 1. The topological polar surface area (TPSA) is 53.4 Å². The summed E-state index contributed by atoms with van der Waals surface area (Å²) in [6.45, 7) is 0.644. The molecule has 1 saturated heterocycles. The quantitative estimate of drug-likeness (QED) is 0.850. The summed E-state index contributed by atoms with van der Waals surface area (Å²) in [6, 6.07) is 1.41. The fourth-order valence-corrected chi connectivity index (χ4v) is 2.43. The van der Waals surface area contributed by atoms with Crippen molar-refractivity contribution >= 4 is 29.1 Å². The summed E-state index contributed by atoms with van der Waals surface area (Å²) in [4.78, 5) is 17.9. The van der Waals surface area contributed by atoms with Crippen LogP contribution in [0.2, 0.25) is 10.2 Å². The number of carbonyl (C=O) groups excluding carboxylic acids is 1. The van der Waals surface area contributed by atoms with E-state index in [2.05, 4.69) is 4.98 Å². The molecule has 18 heavy (non-hydrogen) atoms. The Morgan fingerprint density at radius 1 is 1.50 bits per heavy atom. The molecule has 1 aromatic rings.